The minimum absolute atomic E-state index is 0.0608. The van der Waals surface area contributed by atoms with E-state index < -0.39 is 0 Å². The summed E-state index contributed by atoms with van der Waals surface area (Å²) in [6, 6.07) is 8.36. The van der Waals surface area contributed by atoms with Gasteiger partial charge in [0, 0.05) is 0 Å². The summed E-state index contributed by atoms with van der Waals surface area (Å²) in [6.07, 6.45) is 1.07. The van der Waals surface area contributed by atoms with Crippen molar-refractivity contribution in [2.24, 2.45) is 5.92 Å². The second-order valence-corrected chi connectivity index (χ2v) is 6.23. The molecule has 0 aliphatic rings. The summed E-state index contributed by atoms with van der Waals surface area (Å²) < 4.78 is 5.05. The first-order valence-corrected chi connectivity index (χ1v) is 7.71. The molecule has 1 aromatic carbocycles. The molecule has 1 N–H and O–H groups in total. The van der Waals surface area contributed by atoms with E-state index in [2.05, 4.69) is 48.6 Å². The molecule has 0 saturated heterocycles. The van der Waals surface area contributed by atoms with Crippen LogP contribution in [0.5, 0.6) is 0 Å². The molecule has 4 nitrogen and oxygen atoms in total. The maximum Gasteiger partial charge on any atom is 0.257 e. The molecule has 0 aliphatic carbocycles. The van der Waals surface area contributed by atoms with E-state index in [0.29, 0.717) is 22.9 Å². The Labute approximate surface area is 131 Å². The third-order valence-corrected chi connectivity index (χ3v) is 3.73. The lowest BCUT2D eigenvalue weighted by Gasteiger charge is -2.15. The van der Waals surface area contributed by atoms with Crippen LogP contribution in [0.15, 0.2) is 28.8 Å². The van der Waals surface area contributed by atoms with Crippen molar-refractivity contribution in [3.63, 3.8) is 0 Å². The van der Waals surface area contributed by atoms with Gasteiger partial charge in [0.2, 0.25) is 0 Å². The molecule has 118 valence electrons. The summed E-state index contributed by atoms with van der Waals surface area (Å²) in [5.74, 6) is 1.05. The third kappa shape index (κ3) is 3.75. The standard InChI is InChI=1S/C18H24N2O2/c1-11(2)10-15-6-8-16(9-7-15)12(3)19-18(21)17-13(4)20-22-14(17)5/h6-9,11-12H,10H2,1-5H3,(H,19,21)/t12-/m0/s1. The van der Waals surface area contributed by atoms with Gasteiger partial charge < -0.3 is 9.84 Å². The van der Waals surface area contributed by atoms with Gasteiger partial charge in [-0.05, 0) is 44.2 Å². The summed E-state index contributed by atoms with van der Waals surface area (Å²) >= 11 is 0. The maximum absolute atomic E-state index is 12.3. The Balaban J connectivity index is 2.06. The molecule has 2 rings (SSSR count). The number of aromatic nitrogens is 1. The number of carbonyl (C=O) groups is 1. The van der Waals surface area contributed by atoms with Crippen molar-refractivity contribution in [1.82, 2.24) is 10.5 Å². The number of amides is 1. The first kappa shape index (κ1) is 16.3. The second-order valence-electron chi connectivity index (χ2n) is 6.23. The van der Waals surface area contributed by atoms with E-state index in [1.165, 1.54) is 5.56 Å². The van der Waals surface area contributed by atoms with Crippen molar-refractivity contribution in [2.45, 2.75) is 47.1 Å². The highest BCUT2D eigenvalue weighted by Crippen LogP contribution is 2.18. The Hall–Kier alpha value is -2.10. The summed E-state index contributed by atoms with van der Waals surface area (Å²) in [5.41, 5.74) is 3.56. The van der Waals surface area contributed by atoms with E-state index in [4.69, 9.17) is 4.52 Å². The van der Waals surface area contributed by atoms with Crippen LogP contribution in [-0.2, 0) is 6.42 Å². The molecule has 1 heterocycles. The molecule has 0 bridgehead atoms. The molecule has 1 amide bonds. The van der Waals surface area contributed by atoms with Crippen LogP contribution in [0.1, 0.15) is 59.8 Å². The highest BCUT2D eigenvalue weighted by Gasteiger charge is 2.19. The van der Waals surface area contributed by atoms with Crippen molar-refractivity contribution in [2.75, 3.05) is 0 Å². The molecule has 2 aromatic rings. The topological polar surface area (TPSA) is 55.1 Å². The van der Waals surface area contributed by atoms with E-state index in [9.17, 15) is 4.79 Å². The minimum Gasteiger partial charge on any atom is -0.361 e. The molecule has 0 spiro atoms. The van der Waals surface area contributed by atoms with E-state index >= 15 is 0 Å². The molecule has 0 aliphatic heterocycles. The number of nitrogens with one attached hydrogen (secondary N) is 1. The molecular formula is C18H24N2O2. The summed E-state index contributed by atoms with van der Waals surface area (Å²) in [5, 5.41) is 6.82. The van der Waals surface area contributed by atoms with Crippen LogP contribution in [0.25, 0.3) is 0 Å². The fourth-order valence-electron chi connectivity index (χ4n) is 2.57. The molecule has 0 unspecified atom stereocenters. The van der Waals surface area contributed by atoms with E-state index in [-0.39, 0.29) is 11.9 Å². The number of aryl methyl sites for hydroxylation is 2. The number of hydrogen-bond acceptors (Lipinski definition) is 3. The number of nitrogens with zero attached hydrogens (tertiary/aromatic N) is 1. The summed E-state index contributed by atoms with van der Waals surface area (Å²) in [7, 11) is 0. The first-order chi connectivity index (χ1) is 10.4. The van der Waals surface area contributed by atoms with Gasteiger partial charge in [0.1, 0.15) is 11.3 Å². The molecule has 1 aromatic heterocycles. The smallest absolute Gasteiger partial charge is 0.257 e. The van der Waals surface area contributed by atoms with Crippen molar-refractivity contribution < 1.29 is 9.32 Å². The lowest BCUT2D eigenvalue weighted by Crippen LogP contribution is -2.27. The SMILES string of the molecule is Cc1noc(C)c1C(=O)N[C@@H](C)c1ccc(CC(C)C)cc1. The normalized spacial score (nSPS) is 12.5. The fourth-order valence-corrected chi connectivity index (χ4v) is 2.57. The molecule has 4 heteroatoms. The van der Waals surface area contributed by atoms with E-state index in [1.54, 1.807) is 13.8 Å². The van der Waals surface area contributed by atoms with Crippen molar-refractivity contribution in [3.05, 3.63) is 52.4 Å². The average Bonchev–Trinajstić information content (AvgIpc) is 2.78. The molecule has 22 heavy (non-hydrogen) atoms. The van der Waals surface area contributed by atoms with Crippen LogP contribution in [0, 0.1) is 19.8 Å². The highest BCUT2D eigenvalue weighted by molar-refractivity contribution is 5.96. The van der Waals surface area contributed by atoms with Gasteiger partial charge in [-0.15, -0.1) is 0 Å². The molecular weight excluding hydrogens is 276 g/mol. The van der Waals surface area contributed by atoms with Gasteiger partial charge in [0.05, 0.1) is 11.7 Å². The van der Waals surface area contributed by atoms with Gasteiger partial charge >= 0.3 is 0 Å². The number of rotatable bonds is 5. The zero-order valence-electron chi connectivity index (χ0n) is 13.9. The van der Waals surface area contributed by atoms with Crippen LogP contribution >= 0.6 is 0 Å². The van der Waals surface area contributed by atoms with Crippen LogP contribution in [0.2, 0.25) is 0 Å². The Bertz CT molecular complexity index is 622. The second kappa shape index (κ2) is 6.77. The van der Waals surface area contributed by atoms with Crippen LogP contribution in [0.3, 0.4) is 0 Å². The van der Waals surface area contributed by atoms with E-state index in [1.807, 2.05) is 6.92 Å². The summed E-state index contributed by atoms with van der Waals surface area (Å²) in [6.45, 7) is 9.92. The number of benzene rings is 1. The first-order valence-electron chi connectivity index (χ1n) is 7.71. The lowest BCUT2D eigenvalue weighted by molar-refractivity contribution is 0.0938. The third-order valence-electron chi connectivity index (χ3n) is 3.73. The highest BCUT2D eigenvalue weighted by atomic mass is 16.5. The summed E-state index contributed by atoms with van der Waals surface area (Å²) in [4.78, 5) is 12.3. The van der Waals surface area contributed by atoms with Crippen molar-refractivity contribution in [3.8, 4) is 0 Å². The maximum atomic E-state index is 12.3. The molecule has 0 fully saturated rings. The minimum atomic E-state index is -0.144. The molecule has 1 atom stereocenters. The van der Waals surface area contributed by atoms with Gasteiger partial charge in [-0.1, -0.05) is 43.3 Å². The van der Waals surface area contributed by atoms with Gasteiger partial charge in [-0.3, -0.25) is 4.79 Å². The van der Waals surface area contributed by atoms with Gasteiger partial charge in [-0.2, -0.15) is 0 Å². The predicted octanol–water partition coefficient (Wildman–Crippen LogP) is 3.98. The lowest BCUT2D eigenvalue weighted by atomic mass is 10.00. The molecule has 0 saturated carbocycles. The zero-order chi connectivity index (χ0) is 16.3. The van der Waals surface area contributed by atoms with Gasteiger partial charge in [0.15, 0.2) is 0 Å². The number of carbonyl (C=O) groups excluding carboxylic acids is 1. The van der Waals surface area contributed by atoms with Crippen molar-refractivity contribution in [1.29, 1.82) is 0 Å². The zero-order valence-corrected chi connectivity index (χ0v) is 13.9. The Morgan fingerprint density at radius 2 is 1.82 bits per heavy atom. The Morgan fingerprint density at radius 3 is 2.32 bits per heavy atom. The van der Waals surface area contributed by atoms with Crippen LogP contribution in [0.4, 0.5) is 0 Å². The Kier molecular flexibility index (Phi) is 5.01. The van der Waals surface area contributed by atoms with Crippen LogP contribution in [-0.4, -0.2) is 11.1 Å². The number of hydrogen-bond donors (Lipinski definition) is 1. The quantitative estimate of drug-likeness (QED) is 0.908. The molecule has 0 radical (unpaired) electrons. The van der Waals surface area contributed by atoms with Crippen molar-refractivity contribution >= 4 is 5.91 Å². The largest absolute Gasteiger partial charge is 0.361 e. The Morgan fingerprint density at radius 1 is 1.18 bits per heavy atom. The predicted molar refractivity (Wildman–Crippen MR) is 86.8 cm³/mol. The fraction of sp³-hybridized carbons (Fsp3) is 0.444. The van der Waals surface area contributed by atoms with E-state index in [0.717, 1.165) is 12.0 Å². The van der Waals surface area contributed by atoms with Gasteiger partial charge in [-0.25, -0.2) is 0 Å². The monoisotopic (exact) mass is 300 g/mol. The van der Waals surface area contributed by atoms with Gasteiger partial charge in [0.25, 0.3) is 5.91 Å². The average molecular weight is 300 g/mol. The van der Waals surface area contributed by atoms with Crippen LogP contribution < -0.4 is 5.32 Å².